The van der Waals surface area contributed by atoms with E-state index in [1.54, 1.807) is 0 Å². The van der Waals surface area contributed by atoms with Crippen LogP contribution >= 0.6 is 0 Å². The Labute approximate surface area is 79.4 Å². The van der Waals surface area contributed by atoms with E-state index in [0.29, 0.717) is 12.1 Å². The molecule has 1 aromatic heterocycles. The third-order valence-electron chi connectivity index (χ3n) is 3.23. The fourth-order valence-electron chi connectivity index (χ4n) is 2.17. The largest absolute Gasteiger partial charge is 0.331 e. The highest BCUT2D eigenvalue weighted by molar-refractivity contribution is 5.17. The minimum absolute atomic E-state index is 0.492. The maximum absolute atomic E-state index is 4.35. The Kier molecular flexibility index (Phi) is 1.91. The molecular weight excluding hydrogens is 162 g/mol. The van der Waals surface area contributed by atoms with Crippen LogP contribution in [0.4, 0.5) is 0 Å². The zero-order valence-corrected chi connectivity index (χ0v) is 8.78. The number of aromatic nitrogens is 2. The molecule has 0 bridgehead atoms. The molecule has 2 unspecified atom stereocenters. The van der Waals surface area contributed by atoms with Gasteiger partial charge in [-0.15, -0.1) is 0 Å². The third kappa shape index (κ3) is 1.18. The van der Waals surface area contributed by atoms with Crippen molar-refractivity contribution < 1.29 is 0 Å². The summed E-state index contributed by atoms with van der Waals surface area (Å²) in [5.41, 5.74) is 2.55. The maximum Gasteiger partial charge on any atom is 0.0952 e. The molecule has 0 radical (unpaired) electrons. The van der Waals surface area contributed by atoms with Crippen LogP contribution in [-0.2, 0) is 6.54 Å². The van der Waals surface area contributed by atoms with E-state index in [-0.39, 0.29) is 0 Å². The van der Waals surface area contributed by atoms with Crippen LogP contribution in [0.5, 0.6) is 0 Å². The molecule has 13 heavy (non-hydrogen) atoms. The predicted molar refractivity (Wildman–Crippen MR) is 52.6 cm³/mol. The summed E-state index contributed by atoms with van der Waals surface area (Å²) in [6.07, 6.45) is 1.96. The van der Waals surface area contributed by atoms with Crippen molar-refractivity contribution in [3.8, 4) is 0 Å². The normalized spacial score (nSPS) is 28.9. The first-order valence-corrected chi connectivity index (χ1v) is 4.85. The van der Waals surface area contributed by atoms with Gasteiger partial charge in [0.2, 0.25) is 0 Å². The van der Waals surface area contributed by atoms with Crippen LogP contribution in [0.3, 0.4) is 0 Å². The predicted octanol–water partition coefficient (Wildman–Crippen LogP) is 1.59. The van der Waals surface area contributed by atoms with Crippen molar-refractivity contribution in [3.05, 3.63) is 17.7 Å². The van der Waals surface area contributed by atoms with Crippen LogP contribution in [0.15, 0.2) is 6.33 Å². The van der Waals surface area contributed by atoms with E-state index in [1.165, 1.54) is 11.4 Å². The highest BCUT2D eigenvalue weighted by Gasteiger charge is 2.27. The smallest absolute Gasteiger partial charge is 0.0952 e. The Hall–Kier alpha value is -0.830. The monoisotopic (exact) mass is 179 g/mol. The van der Waals surface area contributed by atoms with E-state index in [0.717, 1.165) is 6.54 Å². The summed E-state index contributed by atoms with van der Waals surface area (Å²) < 4.78 is 2.28. The molecule has 0 aliphatic carbocycles. The molecule has 0 saturated heterocycles. The molecule has 3 nitrogen and oxygen atoms in total. The van der Waals surface area contributed by atoms with Crippen LogP contribution < -0.4 is 0 Å². The molecule has 0 amide bonds. The number of aryl methyl sites for hydroxylation is 1. The lowest BCUT2D eigenvalue weighted by atomic mass is 10.1. The average molecular weight is 179 g/mol. The van der Waals surface area contributed by atoms with Crippen LogP contribution in [0, 0.1) is 6.92 Å². The van der Waals surface area contributed by atoms with Gasteiger partial charge in [-0.25, -0.2) is 4.98 Å². The van der Waals surface area contributed by atoms with Gasteiger partial charge in [0, 0.05) is 18.6 Å². The van der Waals surface area contributed by atoms with E-state index in [9.17, 15) is 0 Å². The van der Waals surface area contributed by atoms with Crippen LogP contribution in [-0.4, -0.2) is 27.5 Å². The van der Waals surface area contributed by atoms with E-state index >= 15 is 0 Å². The quantitative estimate of drug-likeness (QED) is 0.603. The van der Waals surface area contributed by atoms with Crippen LogP contribution in [0.25, 0.3) is 0 Å². The standard InChI is InChI=1S/C10H17N3/c1-7-5-13-6-11-8(2)10(13)9(3)12(7)4/h6-7,9H,5H2,1-4H3. The number of hydrogen-bond acceptors (Lipinski definition) is 2. The first-order chi connectivity index (χ1) is 6.11. The summed E-state index contributed by atoms with van der Waals surface area (Å²) in [5, 5.41) is 0. The van der Waals surface area contributed by atoms with E-state index in [1.807, 2.05) is 6.33 Å². The summed E-state index contributed by atoms with van der Waals surface area (Å²) in [6, 6.07) is 1.10. The number of imidazole rings is 1. The second-order valence-electron chi connectivity index (χ2n) is 4.06. The number of fused-ring (bicyclic) bond motifs is 1. The SMILES string of the molecule is Cc1ncn2c1C(C)N(C)C(C)C2. The molecule has 0 spiro atoms. The summed E-state index contributed by atoms with van der Waals surface area (Å²) in [4.78, 5) is 6.76. The molecule has 0 fully saturated rings. The summed E-state index contributed by atoms with van der Waals surface area (Å²) >= 11 is 0. The summed E-state index contributed by atoms with van der Waals surface area (Å²) in [6.45, 7) is 7.66. The lowest BCUT2D eigenvalue weighted by molar-refractivity contribution is 0.144. The van der Waals surface area contributed by atoms with Gasteiger partial charge in [-0.2, -0.15) is 0 Å². The lowest BCUT2D eigenvalue weighted by Crippen LogP contribution is -2.40. The van der Waals surface area contributed by atoms with Gasteiger partial charge < -0.3 is 4.57 Å². The third-order valence-corrected chi connectivity index (χ3v) is 3.23. The molecule has 2 rings (SSSR count). The van der Waals surface area contributed by atoms with Crippen molar-refractivity contribution in [2.45, 2.75) is 39.4 Å². The summed E-state index contributed by atoms with van der Waals surface area (Å²) in [5.74, 6) is 0. The van der Waals surface area contributed by atoms with Crippen LogP contribution in [0.1, 0.15) is 31.3 Å². The molecule has 0 saturated carbocycles. The van der Waals surface area contributed by atoms with Gasteiger partial charge in [-0.3, -0.25) is 4.90 Å². The van der Waals surface area contributed by atoms with Gasteiger partial charge in [0.25, 0.3) is 0 Å². The lowest BCUT2D eigenvalue weighted by Gasteiger charge is -2.37. The second kappa shape index (κ2) is 2.84. The highest BCUT2D eigenvalue weighted by atomic mass is 15.3. The summed E-state index contributed by atoms with van der Waals surface area (Å²) in [7, 11) is 2.19. The van der Waals surface area contributed by atoms with Crippen molar-refractivity contribution in [3.63, 3.8) is 0 Å². The fraction of sp³-hybridized carbons (Fsp3) is 0.700. The highest BCUT2D eigenvalue weighted by Crippen LogP contribution is 2.28. The maximum atomic E-state index is 4.35. The second-order valence-corrected chi connectivity index (χ2v) is 4.06. The number of likely N-dealkylation sites (N-methyl/N-ethyl adjacent to an activating group) is 1. The fourth-order valence-corrected chi connectivity index (χ4v) is 2.17. The number of rotatable bonds is 0. The Bertz CT molecular complexity index is 316. The Balaban J connectivity index is 2.45. The van der Waals surface area contributed by atoms with E-state index < -0.39 is 0 Å². The van der Waals surface area contributed by atoms with Crippen LogP contribution in [0.2, 0.25) is 0 Å². The van der Waals surface area contributed by atoms with Crippen molar-refractivity contribution in [1.29, 1.82) is 0 Å². The van der Waals surface area contributed by atoms with Crippen molar-refractivity contribution >= 4 is 0 Å². The van der Waals surface area contributed by atoms with E-state index in [4.69, 9.17) is 0 Å². The molecule has 1 aromatic rings. The van der Waals surface area contributed by atoms with Gasteiger partial charge in [0.1, 0.15) is 0 Å². The minimum Gasteiger partial charge on any atom is -0.331 e. The first kappa shape index (κ1) is 8.75. The van der Waals surface area contributed by atoms with Gasteiger partial charge in [-0.1, -0.05) is 0 Å². The Morgan fingerprint density at radius 3 is 2.85 bits per heavy atom. The average Bonchev–Trinajstić information content (AvgIpc) is 2.43. The molecule has 0 N–H and O–H groups in total. The van der Waals surface area contributed by atoms with Crippen molar-refractivity contribution in [1.82, 2.24) is 14.5 Å². The molecule has 1 aliphatic heterocycles. The van der Waals surface area contributed by atoms with Gasteiger partial charge in [0.05, 0.1) is 17.7 Å². The molecule has 3 heteroatoms. The topological polar surface area (TPSA) is 21.1 Å². The van der Waals surface area contributed by atoms with Crippen molar-refractivity contribution in [2.75, 3.05) is 7.05 Å². The molecule has 2 atom stereocenters. The van der Waals surface area contributed by atoms with E-state index in [2.05, 4.69) is 42.3 Å². The van der Waals surface area contributed by atoms with Gasteiger partial charge in [-0.05, 0) is 27.8 Å². The van der Waals surface area contributed by atoms with Crippen molar-refractivity contribution in [2.24, 2.45) is 0 Å². The molecular formula is C10H17N3. The van der Waals surface area contributed by atoms with Gasteiger partial charge >= 0.3 is 0 Å². The Morgan fingerprint density at radius 1 is 1.46 bits per heavy atom. The number of hydrogen-bond donors (Lipinski definition) is 0. The van der Waals surface area contributed by atoms with Gasteiger partial charge in [0.15, 0.2) is 0 Å². The Morgan fingerprint density at radius 2 is 2.15 bits per heavy atom. The minimum atomic E-state index is 0.492. The first-order valence-electron chi connectivity index (χ1n) is 4.85. The zero-order valence-electron chi connectivity index (χ0n) is 8.78. The molecule has 1 aliphatic rings. The molecule has 72 valence electrons. The molecule has 0 aromatic carbocycles. The molecule has 2 heterocycles. The number of nitrogens with zero attached hydrogens (tertiary/aromatic N) is 3. The zero-order chi connectivity index (χ0) is 9.59.